The topological polar surface area (TPSA) is 61.8 Å². The first-order valence-electron chi connectivity index (χ1n) is 5.83. The van der Waals surface area contributed by atoms with Gasteiger partial charge in [0.15, 0.2) is 6.79 Å². The van der Waals surface area contributed by atoms with Gasteiger partial charge in [-0.25, -0.2) is 4.79 Å². The average Bonchev–Trinajstić information content (AvgIpc) is 2.33. The number of ether oxygens (including phenoxy) is 3. The van der Waals surface area contributed by atoms with E-state index in [-0.39, 0.29) is 12.4 Å². The number of esters is 1. The lowest BCUT2D eigenvalue weighted by Crippen LogP contribution is -2.29. The van der Waals surface area contributed by atoms with Gasteiger partial charge in [-0.05, 0) is 32.9 Å². The summed E-state index contributed by atoms with van der Waals surface area (Å²) in [5.41, 5.74) is -0.552. The van der Waals surface area contributed by atoms with Crippen LogP contribution >= 0.6 is 0 Å². The van der Waals surface area contributed by atoms with E-state index in [4.69, 9.17) is 14.2 Å². The SMILES string of the molecule is COCOc1ccccc1C(=O)C(=O)OC(C)(C)C. The number of hydrogen-bond donors (Lipinski definition) is 0. The highest BCUT2D eigenvalue weighted by atomic mass is 16.7. The van der Waals surface area contributed by atoms with Crippen LogP contribution in [0.15, 0.2) is 24.3 Å². The van der Waals surface area contributed by atoms with Gasteiger partial charge in [0.05, 0.1) is 5.56 Å². The highest BCUT2D eigenvalue weighted by molar-refractivity contribution is 6.41. The molecule has 0 spiro atoms. The smallest absolute Gasteiger partial charge is 0.380 e. The molecule has 0 radical (unpaired) electrons. The minimum absolute atomic E-state index is 0.00138. The molecule has 5 heteroatoms. The Hall–Kier alpha value is -1.88. The molecule has 0 N–H and O–H groups in total. The molecule has 0 saturated heterocycles. The van der Waals surface area contributed by atoms with E-state index in [0.29, 0.717) is 5.75 Å². The van der Waals surface area contributed by atoms with Crippen LogP contribution in [0.3, 0.4) is 0 Å². The molecular weight excluding hydrogens is 248 g/mol. The Morgan fingerprint density at radius 3 is 2.37 bits per heavy atom. The van der Waals surface area contributed by atoms with E-state index in [9.17, 15) is 9.59 Å². The van der Waals surface area contributed by atoms with Gasteiger partial charge in [-0.15, -0.1) is 0 Å². The molecule has 1 rings (SSSR count). The fraction of sp³-hybridized carbons (Fsp3) is 0.429. The Morgan fingerprint density at radius 1 is 1.16 bits per heavy atom. The van der Waals surface area contributed by atoms with Crippen molar-refractivity contribution in [3.05, 3.63) is 29.8 Å². The predicted molar refractivity (Wildman–Crippen MR) is 69.1 cm³/mol. The lowest BCUT2D eigenvalue weighted by Gasteiger charge is -2.19. The lowest BCUT2D eigenvalue weighted by atomic mass is 10.1. The molecule has 0 aliphatic rings. The molecule has 104 valence electrons. The van der Waals surface area contributed by atoms with Gasteiger partial charge in [-0.3, -0.25) is 4.79 Å². The van der Waals surface area contributed by atoms with Gasteiger partial charge in [0.2, 0.25) is 0 Å². The number of carbonyl (C=O) groups is 2. The van der Waals surface area contributed by atoms with Crippen molar-refractivity contribution in [2.24, 2.45) is 0 Å². The minimum Gasteiger partial charge on any atom is -0.467 e. The first-order chi connectivity index (χ1) is 8.85. The van der Waals surface area contributed by atoms with E-state index < -0.39 is 17.4 Å². The second kappa shape index (κ2) is 6.33. The van der Waals surface area contributed by atoms with Crippen molar-refractivity contribution >= 4 is 11.8 Å². The molecule has 0 bridgehead atoms. The second-order valence-corrected chi connectivity index (χ2v) is 4.88. The van der Waals surface area contributed by atoms with Crippen molar-refractivity contribution in [1.82, 2.24) is 0 Å². The third kappa shape index (κ3) is 4.71. The molecule has 0 aliphatic heterocycles. The van der Waals surface area contributed by atoms with Crippen LogP contribution in [0.4, 0.5) is 0 Å². The van der Waals surface area contributed by atoms with Crippen LogP contribution in [0, 0.1) is 0 Å². The Labute approximate surface area is 112 Å². The van der Waals surface area contributed by atoms with Gasteiger partial charge in [0, 0.05) is 7.11 Å². The molecule has 19 heavy (non-hydrogen) atoms. The van der Waals surface area contributed by atoms with Crippen molar-refractivity contribution in [3.8, 4) is 5.75 Å². The van der Waals surface area contributed by atoms with E-state index >= 15 is 0 Å². The first kappa shape index (κ1) is 15.2. The maximum atomic E-state index is 12.0. The Morgan fingerprint density at radius 2 is 1.79 bits per heavy atom. The molecule has 0 saturated carbocycles. The number of ketones is 1. The molecule has 5 nitrogen and oxygen atoms in total. The first-order valence-corrected chi connectivity index (χ1v) is 5.83. The normalized spacial score (nSPS) is 10.9. The van der Waals surface area contributed by atoms with Crippen molar-refractivity contribution in [2.75, 3.05) is 13.9 Å². The fourth-order valence-corrected chi connectivity index (χ4v) is 1.34. The van der Waals surface area contributed by atoms with Gasteiger partial charge in [-0.1, -0.05) is 12.1 Å². The van der Waals surface area contributed by atoms with Crippen LogP contribution in [0.1, 0.15) is 31.1 Å². The van der Waals surface area contributed by atoms with Crippen molar-refractivity contribution in [1.29, 1.82) is 0 Å². The van der Waals surface area contributed by atoms with Gasteiger partial charge >= 0.3 is 5.97 Å². The number of benzene rings is 1. The summed E-state index contributed by atoms with van der Waals surface area (Å²) in [6.07, 6.45) is 0. The van der Waals surface area contributed by atoms with Crippen molar-refractivity contribution in [2.45, 2.75) is 26.4 Å². The molecule has 0 fully saturated rings. The van der Waals surface area contributed by atoms with Crippen LogP contribution in [-0.4, -0.2) is 31.3 Å². The third-order valence-electron chi connectivity index (χ3n) is 2.05. The van der Waals surface area contributed by atoms with Crippen LogP contribution in [0.2, 0.25) is 0 Å². The average molecular weight is 266 g/mol. The molecule has 0 aromatic heterocycles. The van der Waals surface area contributed by atoms with E-state index in [1.54, 1.807) is 39.0 Å². The van der Waals surface area contributed by atoms with Gasteiger partial charge in [-0.2, -0.15) is 0 Å². The molecule has 0 atom stereocenters. The number of hydrogen-bond acceptors (Lipinski definition) is 5. The summed E-state index contributed by atoms with van der Waals surface area (Å²) in [6, 6.07) is 6.46. The molecular formula is C14H18O5. The summed E-state index contributed by atoms with van der Waals surface area (Å²) in [6.45, 7) is 5.10. The maximum Gasteiger partial charge on any atom is 0.380 e. The summed E-state index contributed by atoms with van der Waals surface area (Å²) in [5.74, 6) is -1.34. The zero-order valence-corrected chi connectivity index (χ0v) is 11.6. The maximum absolute atomic E-state index is 12.0. The summed E-state index contributed by atoms with van der Waals surface area (Å²) in [5, 5.41) is 0. The van der Waals surface area contributed by atoms with Gasteiger partial charge in [0.25, 0.3) is 5.78 Å². The summed E-state index contributed by atoms with van der Waals surface area (Å²) in [4.78, 5) is 23.7. The Kier molecular flexibility index (Phi) is 5.06. The highest BCUT2D eigenvalue weighted by Crippen LogP contribution is 2.20. The number of Topliss-reactive ketones (excluding diaryl/α,β-unsaturated/α-hetero) is 1. The monoisotopic (exact) mass is 266 g/mol. The number of para-hydroxylation sites is 1. The summed E-state index contributed by atoms with van der Waals surface area (Å²) >= 11 is 0. The zero-order valence-electron chi connectivity index (χ0n) is 11.6. The predicted octanol–water partition coefficient (Wildman–Crippen LogP) is 2.19. The molecule has 1 aromatic carbocycles. The van der Waals surface area contributed by atoms with Crippen LogP contribution in [0.25, 0.3) is 0 Å². The quantitative estimate of drug-likeness (QED) is 0.354. The molecule has 0 amide bonds. The second-order valence-electron chi connectivity index (χ2n) is 4.88. The van der Waals surface area contributed by atoms with E-state index in [0.717, 1.165) is 0 Å². The molecule has 1 aromatic rings. The van der Waals surface area contributed by atoms with E-state index in [1.807, 2.05) is 0 Å². The Balaban J connectivity index is 2.90. The van der Waals surface area contributed by atoms with Crippen LogP contribution < -0.4 is 4.74 Å². The zero-order chi connectivity index (χ0) is 14.5. The van der Waals surface area contributed by atoms with E-state index in [1.165, 1.54) is 13.2 Å². The number of carbonyl (C=O) groups excluding carboxylic acids is 2. The standard InChI is InChI=1S/C14H18O5/c1-14(2,3)19-13(16)12(15)10-7-5-6-8-11(10)18-9-17-4/h5-8H,9H2,1-4H3. The summed E-state index contributed by atoms with van der Waals surface area (Å²) < 4.78 is 15.0. The number of rotatable bonds is 5. The third-order valence-corrected chi connectivity index (χ3v) is 2.05. The number of methoxy groups -OCH3 is 1. The fourth-order valence-electron chi connectivity index (χ4n) is 1.34. The van der Waals surface area contributed by atoms with Crippen molar-refractivity contribution in [3.63, 3.8) is 0 Å². The van der Waals surface area contributed by atoms with Crippen molar-refractivity contribution < 1.29 is 23.8 Å². The Bertz CT molecular complexity index is 459. The van der Waals surface area contributed by atoms with E-state index in [2.05, 4.69) is 0 Å². The van der Waals surface area contributed by atoms with Crippen LogP contribution in [-0.2, 0) is 14.3 Å². The minimum atomic E-state index is -0.902. The van der Waals surface area contributed by atoms with Gasteiger partial charge in [0.1, 0.15) is 11.4 Å². The van der Waals surface area contributed by atoms with Gasteiger partial charge < -0.3 is 14.2 Å². The molecule has 0 aliphatic carbocycles. The van der Waals surface area contributed by atoms with Crippen LogP contribution in [0.5, 0.6) is 5.75 Å². The largest absolute Gasteiger partial charge is 0.467 e. The molecule has 0 heterocycles. The highest BCUT2D eigenvalue weighted by Gasteiger charge is 2.26. The summed E-state index contributed by atoms with van der Waals surface area (Å²) in [7, 11) is 1.47. The lowest BCUT2D eigenvalue weighted by molar-refractivity contribution is -0.148. The molecule has 0 unspecified atom stereocenters.